The molecule has 1 nitrogen and oxygen atoms in total. The van der Waals surface area contributed by atoms with Crippen molar-refractivity contribution >= 4 is 5.78 Å². The van der Waals surface area contributed by atoms with E-state index in [2.05, 4.69) is 0 Å². The van der Waals surface area contributed by atoms with Crippen molar-refractivity contribution in [1.29, 1.82) is 0 Å². The molecule has 3 atom stereocenters. The van der Waals surface area contributed by atoms with E-state index in [1.807, 2.05) is 0 Å². The lowest BCUT2D eigenvalue weighted by Gasteiger charge is -2.21. The van der Waals surface area contributed by atoms with Gasteiger partial charge in [0.05, 0.1) is 0 Å². The monoisotopic (exact) mass is 142 g/mol. The highest BCUT2D eigenvalue weighted by atomic mass is 19.1. The Hall–Kier alpha value is -0.400. The molecule has 0 spiro atoms. The van der Waals surface area contributed by atoms with Crippen molar-refractivity contribution in [3.05, 3.63) is 0 Å². The summed E-state index contributed by atoms with van der Waals surface area (Å²) in [5.74, 6) is 0.457. The number of ketones is 1. The Kier molecular flexibility index (Phi) is 1.29. The molecule has 0 aromatic heterocycles. The van der Waals surface area contributed by atoms with Gasteiger partial charge in [0.15, 0.2) is 0 Å². The Morgan fingerprint density at radius 1 is 1.20 bits per heavy atom. The number of alkyl halides is 1. The van der Waals surface area contributed by atoms with E-state index < -0.39 is 6.17 Å². The van der Waals surface area contributed by atoms with E-state index in [4.69, 9.17) is 0 Å². The fourth-order valence-corrected chi connectivity index (χ4v) is 2.23. The maximum absolute atomic E-state index is 13.1. The lowest BCUT2D eigenvalue weighted by atomic mass is 9.86. The average molecular weight is 142 g/mol. The summed E-state index contributed by atoms with van der Waals surface area (Å²) in [5.41, 5.74) is 0. The summed E-state index contributed by atoms with van der Waals surface area (Å²) in [6, 6.07) is 0. The van der Waals surface area contributed by atoms with E-state index in [-0.39, 0.29) is 17.6 Å². The van der Waals surface area contributed by atoms with Gasteiger partial charge in [0.25, 0.3) is 0 Å². The smallest absolute Gasteiger partial charge is 0.133 e. The number of hydrogen-bond donors (Lipinski definition) is 0. The van der Waals surface area contributed by atoms with Crippen molar-refractivity contribution in [3.63, 3.8) is 0 Å². The molecule has 0 saturated heterocycles. The average Bonchev–Trinajstić information content (AvgIpc) is 2.20. The summed E-state index contributed by atoms with van der Waals surface area (Å²) >= 11 is 0. The molecule has 2 aliphatic carbocycles. The molecule has 1 unspecified atom stereocenters. The first-order valence-electron chi connectivity index (χ1n) is 3.93. The maximum atomic E-state index is 13.1. The standard InChI is InChI=1S/C8H11FO/c9-8-5-1-2-6(8)4-7(10)3-5/h5-6,8H,1-4H2/t5-,6+,8?. The Morgan fingerprint density at radius 2 is 1.70 bits per heavy atom. The van der Waals surface area contributed by atoms with Crippen LogP contribution in [0.4, 0.5) is 4.39 Å². The lowest BCUT2D eigenvalue weighted by molar-refractivity contribution is -0.123. The number of carbonyl (C=O) groups excluding carboxylic acids is 1. The van der Waals surface area contributed by atoms with Crippen molar-refractivity contribution in [2.45, 2.75) is 31.9 Å². The van der Waals surface area contributed by atoms with E-state index in [0.29, 0.717) is 12.8 Å². The Labute approximate surface area is 59.6 Å². The van der Waals surface area contributed by atoms with Crippen molar-refractivity contribution < 1.29 is 9.18 Å². The number of fused-ring (bicyclic) bond motifs is 2. The van der Waals surface area contributed by atoms with Gasteiger partial charge < -0.3 is 0 Å². The summed E-state index contributed by atoms with van der Waals surface area (Å²) in [7, 11) is 0. The second kappa shape index (κ2) is 2.04. The number of carbonyl (C=O) groups is 1. The van der Waals surface area contributed by atoms with Crippen LogP contribution in [0.3, 0.4) is 0 Å². The first-order chi connectivity index (χ1) is 4.77. The van der Waals surface area contributed by atoms with Crippen LogP contribution in [0.15, 0.2) is 0 Å². The first kappa shape index (κ1) is 6.32. The quantitative estimate of drug-likeness (QED) is 0.503. The molecule has 2 saturated carbocycles. The van der Waals surface area contributed by atoms with Gasteiger partial charge >= 0.3 is 0 Å². The van der Waals surface area contributed by atoms with Gasteiger partial charge in [-0.3, -0.25) is 4.79 Å². The minimum absolute atomic E-state index is 0.0891. The van der Waals surface area contributed by atoms with E-state index in [0.717, 1.165) is 12.8 Å². The fraction of sp³-hybridized carbons (Fsp3) is 0.875. The number of rotatable bonds is 0. The highest BCUT2D eigenvalue weighted by Crippen LogP contribution is 2.42. The molecule has 56 valence electrons. The molecule has 0 aromatic carbocycles. The molecule has 0 aromatic rings. The van der Waals surface area contributed by atoms with Crippen LogP contribution >= 0.6 is 0 Å². The third-order valence-corrected chi connectivity index (χ3v) is 2.79. The number of hydrogen-bond acceptors (Lipinski definition) is 1. The largest absolute Gasteiger partial charge is 0.300 e. The third-order valence-electron chi connectivity index (χ3n) is 2.79. The predicted octanol–water partition coefficient (Wildman–Crippen LogP) is 1.71. The molecule has 0 N–H and O–H groups in total. The Bertz CT molecular complexity index is 151. The molecular weight excluding hydrogens is 131 g/mol. The van der Waals surface area contributed by atoms with Crippen LogP contribution < -0.4 is 0 Å². The third kappa shape index (κ3) is 0.780. The van der Waals surface area contributed by atoms with E-state index in [9.17, 15) is 9.18 Å². The molecule has 2 fully saturated rings. The highest BCUT2D eigenvalue weighted by molar-refractivity contribution is 5.80. The predicted molar refractivity (Wildman–Crippen MR) is 35.4 cm³/mol. The van der Waals surface area contributed by atoms with Gasteiger partial charge in [0.2, 0.25) is 0 Å². The van der Waals surface area contributed by atoms with Crippen molar-refractivity contribution in [2.75, 3.05) is 0 Å². The van der Waals surface area contributed by atoms with Gasteiger partial charge in [0.1, 0.15) is 12.0 Å². The maximum Gasteiger partial charge on any atom is 0.133 e. The van der Waals surface area contributed by atoms with Crippen LogP contribution in [0.5, 0.6) is 0 Å². The minimum Gasteiger partial charge on any atom is -0.300 e. The second-order valence-electron chi connectivity index (χ2n) is 3.49. The van der Waals surface area contributed by atoms with Gasteiger partial charge in [-0.15, -0.1) is 0 Å². The molecule has 10 heavy (non-hydrogen) atoms. The van der Waals surface area contributed by atoms with Crippen molar-refractivity contribution in [2.24, 2.45) is 11.8 Å². The van der Waals surface area contributed by atoms with Crippen LogP contribution in [0, 0.1) is 11.8 Å². The number of halogens is 1. The van der Waals surface area contributed by atoms with Crippen LogP contribution in [0.25, 0.3) is 0 Å². The van der Waals surface area contributed by atoms with Crippen LogP contribution in [0.1, 0.15) is 25.7 Å². The van der Waals surface area contributed by atoms with Crippen LogP contribution in [-0.2, 0) is 4.79 Å². The number of Topliss-reactive ketones (excluding diaryl/α,β-unsaturated/α-hetero) is 1. The van der Waals surface area contributed by atoms with Crippen molar-refractivity contribution in [1.82, 2.24) is 0 Å². The molecule has 0 aliphatic heterocycles. The zero-order valence-electron chi connectivity index (χ0n) is 5.85. The molecule has 0 amide bonds. The summed E-state index contributed by atoms with van der Waals surface area (Å²) in [4.78, 5) is 10.9. The Morgan fingerprint density at radius 3 is 2.20 bits per heavy atom. The lowest BCUT2D eigenvalue weighted by Crippen LogP contribution is -2.26. The molecule has 0 heterocycles. The van der Waals surface area contributed by atoms with E-state index in [1.54, 1.807) is 0 Å². The second-order valence-corrected chi connectivity index (χ2v) is 3.49. The van der Waals surface area contributed by atoms with Crippen molar-refractivity contribution in [3.8, 4) is 0 Å². The van der Waals surface area contributed by atoms with E-state index in [1.165, 1.54) is 0 Å². The summed E-state index contributed by atoms with van der Waals surface area (Å²) < 4.78 is 13.1. The normalized spacial score (nSPS) is 46.1. The van der Waals surface area contributed by atoms with Gasteiger partial charge in [-0.1, -0.05) is 0 Å². The Balaban J connectivity index is 2.16. The molecule has 2 bridgehead atoms. The van der Waals surface area contributed by atoms with Crippen LogP contribution in [-0.4, -0.2) is 12.0 Å². The van der Waals surface area contributed by atoms with E-state index >= 15 is 0 Å². The van der Waals surface area contributed by atoms with Crippen LogP contribution in [0.2, 0.25) is 0 Å². The minimum atomic E-state index is -0.655. The fourth-order valence-electron chi connectivity index (χ4n) is 2.23. The summed E-state index contributed by atoms with van der Waals surface area (Å²) in [6.45, 7) is 0. The van der Waals surface area contributed by atoms with Gasteiger partial charge in [0, 0.05) is 12.8 Å². The topological polar surface area (TPSA) is 17.1 Å². The van der Waals surface area contributed by atoms with Gasteiger partial charge in [-0.05, 0) is 24.7 Å². The summed E-state index contributed by atoms with van der Waals surface area (Å²) in [6.07, 6.45) is 2.25. The van der Waals surface area contributed by atoms with Gasteiger partial charge in [-0.25, -0.2) is 4.39 Å². The highest BCUT2D eigenvalue weighted by Gasteiger charge is 2.42. The molecule has 2 rings (SSSR count). The SMILES string of the molecule is O=C1C[C@H]2CC[C@@H](C1)C2F. The zero-order valence-corrected chi connectivity index (χ0v) is 5.85. The molecule has 2 heteroatoms. The molecule has 0 radical (unpaired) electrons. The summed E-state index contributed by atoms with van der Waals surface area (Å²) in [5, 5.41) is 0. The van der Waals surface area contributed by atoms with Gasteiger partial charge in [-0.2, -0.15) is 0 Å². The zero-order chi connectivity index (χ0) is 7.14. The molecular formula is C8H11FO. The molecule has 2 aliphatic rings. The first-order valence-corrected chi connectivity index (χ1v) is 3.93.